The van der Waals surface area contributed by atoms with Gasteiger partial charge in [0.05, 0.1) is 13.2 Å². The molecule has 1 rings (SSSR count). The summed E-state index contributed by atoms with van der Waals surface area (Å²) in [5, 5.41) is 0. The van der Waals surface area contributed by atoms with Crippen LogP contribution in [0.5, 0.6) is 0 Å². The van der Waals surface area contributed by atoms with E-state index in [1.54, 1.807) is 0 Å². The lowest BCUT2D eigenvalue weighted by Gasteiger charge is -2.32. The normalized spacial score (nSPS) is 28.8. The van der Waals surface area contributed by atoms with Crippen molar-refractivity contribution in [3.8, 4) is 0 Å². The molecule has 2 nitrogen and oxygen atoms in total. The molecule has 1 atom stereocenters. The number of ether oxygens (including phenoxy) is 1. The van der Waals surface area contributed by atoms with Gasteiger partial charge in [-0.25, -0.2) is 4.39 Å². The number of nitrogens with zero attached hydrogens (tertiary/aromatic N) is 1. The highest BCUT2D eigenvalue weighted by Crippen LogP contribution is 2.04. The number of morpholine rings is 1. The van der Waals surface area contributed by atoms with Crippen LogP contribution in [-0.4, -0.2) is 43.9 Å². The first-order valence-electron chi connectivity index (χ1n) is 3.72. The Morgan fingerprint density at radius 2 is 2.50 bits per heavy atom. The molecule has 0 aromatic carbocycles. The van der Waals surface area contributed by atoms with Gasteiger partial charge in [-0.3, -0.25) is 4.90 Å². The molecule has 0 amide bonds. The lowest BCUT2D eigenvalue weighted by atomic mass is 10.2. The number of hydrogen-bond donors (Lipinski definition) is 0. The third-order valence-corrected chi connectivity index (χ3v) is 1.88. The van der Waals surface area contributed by atoms with E-state index in [2.05, 4.69) is 11.8 Å². The zero-order valence-electron chi connectivity index (χ0n) is 6.35. The van der Waals surface area contributed by atoms with Crippen molar-refractivity contribution in [3.05, 3.63) is 0 Å². The second-order valence-electron chi connectivity index (χ2n) is 2.65. The quantitative estimate of drug-likeness (QED) is 0.569. The highest BCUT2D eigenvalue weighted by atomic mass is 19.1. The Morgan fingerprint density at radius 3 is 3.10 bits per heavy atom. The van der Waals surface area contributed by atoms with Crippen LogP contribution < -0.4 is 0 Å². The van der Waals surface area contributed by atoms with E-state index in [4.69, 9.17) is 4.74 Å². The molecule has 3 heteroatoms. The smallest absolute Gasteiger partial charge is 0.102 e. The average molecular weight is 147 g/mol. The molecule has 0 aromatic rings. The van der Waals surface area contributed by atoms with Crippen molar-refractivity contribution in [2.75, 3.05) is 33.0 Å². The maximum absolute atomic E-state index is 11.9. The highest BCUT2D eigenvalue weighted by molar-refractivity contribution is 4.69. The Labute approximate surface area is 61.0 Å². The predicted octanol–water partition coefficient (Wildman–Crippen LogP) is 0.677. The lowest BCUT2D eigenvalue weighted by molar-refractivity contribution is -0.00240. The zero-order chi connectivity index (χ0) is 7.40. The SMILES string of the molecule is C[C@@H]1COCCN1CCF. The fourth-order valence-electron chi connectivity index (χ4n) is 1.20. The molecule has 1 fully saturated rings. The molecule has 1 aliphatic rings. The molecule has 0 spiro atoms. The van der Waals surface area contributed by atoms with Crippen molar-refractivity contribution >= 4 is 0 Å². The minimum Gasteiger partial charge on any atom is -0.379 e. The average Bonchev–Trinajstić information content (AvgIpc) is 1.94. The summed E-state index contributed by atoms with van der Waals surface area (Å²) in [4.78, 5) is 2.11. The summed E-state index contributed by atoms with van der Waals surface area (Å²) >= 11 is 0. The molecule has 60 valence electrons. The first-order chi connectivity index (χ1) is 4.84. The minimum atomic E-state index is -0.246. The topological polar surface area (TPSA) is 12.5 Å². The van der Waals surface area contributed by atoms with Crippen LogP contribution >= 0.6 is 0 Å². The van der Waals surface area contributed by atoms with Gasteiger partial charge >= 0.3 is 0 Å². The summed E-state index contributed by atoms with van der Waals surface area (Å²) in [6, 6.07) is 0.393. The Morgan fingerprint density at radius 1 is 1.70 bits per heavy atom. The van der Waals surface area contributed by atoms with E-state index in [-0.39, 0.29) is 6.67 Å². The molecule has 0 unspecified atom stereocenters. The fraction of sp³-hybridized carbons (Fsp3) is 1.00. The summed E-state index contributed by atoms with van der Waals surface area (Å²) in [5.74, 6) is 0. The molecule has 1 aliphatic heterocycles. The molecular formula is C7H14FNO. The van der Waals surface area contributed by atoms with Gasteiger partial charge in [0.25, 0.3) is 0 Å². The standard InChI is InChI=1S/C7H14FNO/c1-7-6-10-5-4-9(7)3-2-8/h7H,2-6H2,1H3/t7-/m1/s1. The van der Waals surface area contributed by atoms with Crippen molar-refractivity contribution in [3.63, 3.8) is 0 Å². The molecule has 0 bridgehead atoms. The summed E-state index contributed by atoms with van der Waals surface area (Å²) in [6.07, 6.45) is 0. The molecule has 1 heterocycles. The van der Waals surface area contributed by atoms with E-state index < -0.39 is 0 Å². The maximum atomic E-state index is 11.9. The van der Waals surface area contributed by atoms with Gasteiger partial charge in [-0.2, -0.15) is 0 Å². The Kier molecular flexibility index (Phi) is 3.09. The molecule has 1 saturated heterocycles. The van der Waals surface area contributed by atoms with E-state index in [0.29, 0.717) is 12.6 Å². The molecule has 10 heavy (non-hydrogen) atoms. The predicted molar refractivity (Wildman–Crippen MR) is 37.8 cm³/mol. The third-order valence-electron chi connectivity index (χ3n) is 1.88. The number of rotatable bonds is 2. The largest absolute Gasteiger partial charge is 0.379 e. The summed E-state index contributed by atoms with van der Waals surface area (Å²) in [6.45, 7) is 4.76. The van der Waals surface area contributed by atoms with Crippen molar-refractivity contribution in [2.24, 2.45) is 0 Å². The molecule has 0 N–H and O–H groups in total. The first kappa shape index (κ1) is 7.95. The van der Waals surface area contributed by atoms with Gasteiger partial charge in [0.2, 0.25) is 0 Å². The third kappa shape index (κ3) is 1.92. The van der Waals surface area contributed by atoms with Crippen LogP contribution in [0.4, 0.5) is 4.39 Å². The molecule has 0 radical (unpaired) electrons. The van der Waals surface area contributed by atoms with Gasteiger partial charge in [0.15, 0.2) is 0 Å². The molecular weight excluding hydrogens is 133 g/mol. The van der Waals surface area contributed by atoms with Crippen molar-refractivity contribution in [1.82, 2.24) is 4.90 Å². The van der Waals surface area contributed by atoms with Gasteiger partial charge in [-0.1, -0.05) is 0 Å². The molecule has 0 saturated carbocycles. The molecule has 0 aliphatic carbocycles. The summed E-state index contributed by atoms with van der Waals surface area (Å²) in [5.41, 5.74) is 0. The van der Waals surface area contributed by atoms with E-state index in [0.717, 1.165) is 19.8 Å². The van der Waals surface area contributed by atoms with E-state index >= 15 is 0 Å². The number of hydrogen-bond acceptors (Lipinski definition) is 2. The number of alkyl halides is 1. The van der Waals surface area contributed by atoms with E-state index in [9.17, 15) is 4.39 Å². The minimum absolute atomic E-state index is 0.246. The second-order valence-corrected chi connectivity index (χ2v) is 2.65. The first-order valence-corrected chi connectivity index (χ1v) is 3.72. The van der Waals surface area contributed by atoms with Crippen LogP contribution in [0.3, 0.4) is 0 Å². The van der Waals surface area contributed by atoms with Gasteiger partial charge in [0, 0.05) is 19.1 Å². The van der Waals surface area contributed by atoms with Crippen LogP contribution in [0.15, 0.2) is 0 Å². The Hall–Kier alpha value is -0.150. The second kappa shape index (κ2) is 3.88. The monoisotopic (exact) mass is 147 g/mol. The molecule has 0 aromatic heterocycles. The fourth-order valence-corrected chi connectivity index (χ4v) is 1.20. The van der Waals surface area contributed by atoms with Crippen molar-refractivity contribution in [1.29, 1.82) is 0 Å². The van der Waals surface area contributed by atoms with Crippen molar-refractivity contribution in [2.45, 2.75) is 13.0 Å². The van der Waals surface area contributed by atoms with Crippen LogP contribution in [-0.2, 0) is 4.74 Å². The van der Waals surface area contributed by atoms with Gasteiger partial charge < -0.3 is 4.74 Å². The highest BCUT2D eigenvalue weighted by Gasteiger charge is 2.17. The Balaban J connectivity index is 2.25. The van der Waals surface area contributed by atoms with Crippen molar-refractivity contribution < 1.29 is 9.13 Å². The van der Waals surface area contributed by atoms with Gasteiger partial charge in [0.1, 0.15) is 6.67 Å². The van der Waals surface area contributed by atoms with Crippen LogP contribution in [0.1, 0.15) is 6.92 Å². The van der Waals surface area contributed by atoms with Crippen LogP contribution in [0.25, 0.3) is 0 Å². The lowest BCUT2D eigenvalue weighted by Crippen LogP contribution is -2.44. The van der Waals surface area contributed by atoms with E-state index in [1.807, 2.05) is 0 Å². The zero-order valence-corrected chi connectivity index (χ0v) is 6.35. The summed E-state index contributed by atoms with van der Waals surface area (Å²) < 4.78 is 17.1. The Bertz CT molecular complexity index is 97.6. The summed E-state index contributed by atoms with van der Waals surface area (Å²) in [7, 11) is 0. The van der Waals surface area contributed by atoms with Crippen LogP contribution in [0, 0.1) is 0 Å². The van der Waals surface area contributed by atoms with E-state index in [1.165, 1.54) is 0 Å². The van der Waals surface area contributed by atoms with Gasteiger partial charge in [-0.05, 0) is 6.92 Å². The van der Waals surface area contributed by atoms with Crippen LogP contribution in [0.2, 0.25) is 0 Å². The van der Waals surface area contributed by atoms with Gasteiger partial charge in [-0.15, -0.1) is 0 Å². The number of halogens is 1. The maximum Gasteiger partial charge on any atom is 0.102 e.